The highest BCUT2D eigenvalue weighted by atomic mass is 16.4. The first-order valence-corrected chi connectivity index (χ1v) is 6.45. The summed E-state index contributed by atoms with van der Waals surface area (Å²) in [7, 11) is 0. The van der Waals surface area contributed by atoms with Gasteiger partial charge in [0, 0.05) is 13.1 Å². The summed E-state index contributed by atoms with van der Waals surface area (Å²) in [4.78, 5) is 21.7. The van der Waals surface area contributed by atoms with Gasteiger partial charge < -0.3 is 20.8 Å². The molecule has 0 aromatic rings. The third-order valence-corrected chi connectivity index (χ3v) is 2.66. The van der Waals surface area contributed by atoms with Crippen LogP contribution in [0.3, 0.4) is 0 Å². The molecule has 4 N–H and O–H groups in total. The van der Waals surface area contributed by atoms with Crippen LogP contribution >= 0.6 is 0 Å². The van der Waals surface area contributed by atoms with E-state index in [-0.39, 0.29) is 0 Å². The summed E-state index contributed by atoms with van der Waals surface area (Å²) in [6, 6.07) is -1.10. The molecule has 2 atom stereocenters. The molecule has 0 aliphatic heterocycles. The fraction of sp³-hybridized carbons (Fsp3) is 0.833. The fourth-order valence-corrected chi connectivity index (χ4v) is 1.70. The number of hydrogen-bond donors (Lipinski definition) is 4. The first-order valence-electron chi connectivity index (χ1n) is 6.45. The number of hydrogen-bond acceptors (Lipinski definition) is 4. The number of aliphatic carboxylic acids is 2. The Hall–Kier alpha value is -1.14. The second-order valence-corrected chi connectivity index (χ2v) is 4.27. The van der Waals surface area contributed by atoms with E-state index < -0.39 is 24.0 Å². The Balaban J connectivity index is 3.87. The molecule has 0 aliphatic carbocycles. The third kappa shape index (κ3) is 7.24. The highest BCUT2D eigenvalue weighted by Crippen LogP contribution is 1.97. The zero-order valence-corrected chi connectivity index (χ0v) is 11.1. The Kier molecular flexibility index (Phi) is 9.22. The number of nitrogens with one attached hydrogen (secondary N) is 2. The molecule has 0 aliphatic rings. The van der Waals surface area contributed by atoms with Crippen molar-refractivity contribution in [1.82, 2.24) is 10.6 Å². The van der Waals surface area contributed by atoms with Crippen LogP contribution in [-0.4, -0.2) is 47.3 Å². The van der Waals surface area contributed by atoms with E-state index in [1.807, 2.05) is 13.8 Å². The first-order chi connectivity index (χ1) is 8.52. The van der Waals surface area contributed by atoms with Gasteiger partial charge in [-0.3, -0.25) is 9.59 Å². The number of carbonyl (C=O) groups is 2. The maximum Gasteiger partial charge on any atom is 0.320 e. The van der Waals surface area contributed by atoms with Crippen molar-refractivity contribution < 1.29 is 19.8 Å². The lowest BCUT2D eigenvalue weighted by molar-refractivity contribution is -0.141. The number of carboxylic acids is 2. The van der Waals surface area contributed by atoms with Crippen LogP contribution < -0.4 is 10.6 Å². The molecule has 0 saturated carbocycles. The Morgan fingerprint density at radius 1 is 0.889 bits per heavy atom. The molecule has 6 heteroatoms. The molecule has 18 heavy (non-hydrogen) atoms. The number of carboxylic acid groups (broad SMARTS) is 2. The van der Waals surface area contributed by atoms with Crippen molar-refractivity contribution >= 4 is 11.9 Å². The molecule has 106 valence electrons. The van der Waals surface area contributed by atoms with Gasteiger partial charge in [-0.15, -0.1) is 0 Å². The Morgan fingerprint density at radius 3 is 1.44 bits per heavy atom. The summed E-state index contributed by atoms with van der Waals surface area (Å²) in [5.41, 5.74) is 0. The summed E-state index contributed by atoms with van der Waals surface area (Å²) >= 11 is 0. The van der Waals surface area contributed by atoms with E-state index in [4.69, 9.17) is 10.2 Å². The van der Waals surface area contributed by atoms with Crippen LogP contribution in [0.15, 0.2) is 0 Å². The summed E-state index contributed by atoms with van der Waals surface area (Å²) in [6.07, 6.45) is 2.75. The third-order valence-electron chi connectivity index (χ3n) is 2.66. The summed E-state index contributed by atoms with van der Waals surface area (Å²) in [5.74, 6) is -1.72. The minimum Gasteiger partial charge on any atom is -0.480 e. The number of rotatable bonds is 11. The predicted octanol–water partition coefficient (Wildman–Crippen LogP) is 0.672. The van der Waals surface area contributed by atoms with Crippen molar-refractivity contribution in [1.29, 1.82) is 0 Å². The lowest BCUT2D eigenvalue weighted by Crippen LogP contribution is -2.44. The standard InChI is InChI=1S/C12H24N2O4/c1-3-5-9(11(15)16)13-7-8-14-10(6-4-2)12(17)18/h9-10,13-14H,3-8H2,1-2H3,(H,15,16)(H,17,18). The van der Waals surface area contributed by atoms with Gasteiger partial charge in [0.25, 0.3) is 0 Å². The minimum atomic E-state index is -0.861. The SMILES string of the molecule is CCCC(NCCNC(CCC)C(=O)O)C(=O)O. The first kappa shape index (κ1) is 16.9. The lowest BCUT2D eigenvalue weighted by Gasteiger charge is -2.16. The molecule has 0 aromatic carbocycles. The van der Waals surface area contributed by atoms with Crippen molar-refractivity contribution in [2.45, 2.75) is 51.6 Å². The summed E-state index contributed by atoms with van der Waals surface area (Å²) in [5, 5.41) is 23.6. The molecule has 0 fully saturated rings. The highest BCUT2D eigenvalue weighted by molar-refractivity contribution is 5.73. The van der Waals surface area contributed by atoms with E-state index in [1.165, 1.54) is 0 Å². The summed E-state index contributed by atoms with van der Waals surface area (Å²) < 4.78 is 0. The Bertz CT molecular complexity index is 232. The van der Waals surface area contributed by atoms with Gasteiger partial charge in [-0.05, 0) is 12.8 Å². The zero-order valence-electron chi connectivity index (χ0n) is 11.1. The average molecular weight is 260 g/mol. The summed E-state index contributed by atoms with van der Waals surface area (Å²) in [6.45, 7) is 4.75. The molecule has 6 nitrogen and oxygen atoms in total. The van der Waals surface area contributed by atoms with Gasteiger partial charge in [0.1, 0.15) is 12.1 Å². The van der Waals surface area contributed by atoms with E-state index in [1.54, 1.807) is 0 Å². The van der Waals surface area contributed by atoms with Crippen LogP contribution in [0.2, 0.25) is 0 Å². The van der Waals surface area contributed by atoms with Crippen molar-refractivity contribution in [3.8, 4) is 0 Å². The van der Waals surface area contributed by atoms with Crippen molar-refractivity contribution in [2.75, 3.05) is 13.1 Å². The fourth-order valence-electron chi connectivity index (χ4n) is 1.70. The van der Waals surface area contributed by atoms with Gasteiger partial charge >= 0.3 is 11.9 Å². The van der Waals surface area contributed by atoms with Crippen LogP contribution in [0.4, 0.5) is 0 Å². The zero-order chi connectivity index (χ0) is 14.0. The molecule has 0 rings (SSSR count). The smallest absolute Gasteiger partial charge is 0.320 e. The monoisotopic (exact) mass is 260 g/mol. The normalized spacial score (nSPS) is 14.1. The molecule has 0 bridgehead atoms. The highest BCUT2D eigenvalue weighted by Gasteiger charge is 2.17. The van der Waals surface area contributed by atoms with E-state index in [2.05, 4.69) is 10.6 Å². The van der Waals surface area contributed by atoms with Crippen LogP contribution in [0.5, 0.6) is 0 Å². The van der Waals surface area contributed by atoms with Gasteiger partial charge in [0.2, 0.25) is 0 Å². The Labute approximate surface area is 108 Å². The van der Waals surface area contributed by atoms with Gasteiger partial charge in [-0.2, -0.15) is 0 Å². The molecular formula is C12H24N2O4. The quantitative estimate of drug-likeness (QED) is 0.408. The topological polar surface area (TPSA) is 98.7 Å². The van der Waals surface area contributed by atoms with E-state index in [0.717, 1.165) is 12.8 Å². The Morgan fingerprint density at radius 2 is 1.22 bits per heavy atom. The largest absolute Gasteiger partial charge is 0.480 e. The second-order valence-electron chi connectivity index (χ2n) is 4.27. The van der Waals surface area contributed by atoms with Crippen molar-refractivity contribution in [3.63, 3.8) is 0 Å². The molecule has 2 unspecified atom stereocenters. The predicted molar refractivity (Wildman–Crippen MR) is 68.7 cm³/mol. The van der Waals surface area contributed by atoms with Gasteiger partial charge in [0.05, 0.1) is 0 Å². The molecule has 0 spiro atoms. The van der Waals surface area contributed by atoms with E-state index in [0.29, 0.717) is 25.9 Å². The van der Waals surface area contributed by atoms with Crippen LogP contribution in [0, 0.1) is 0 Å². The van der Waals surface area contributed by atoms with Gasteiger partial charge in [-0.1, -0.05) is 26.7 Å². The molecular weight excluding hydrogens is 236 g/mol. The van der Waals surface area contributed by atoms with Crippen LogP contribution in [0.25, 0.3) is 0 Å². The van der Waals surface area contributed by atoms with Crippen molar-refractivity contribution in [3.05, 3.63) is 0 Å². The van der Waals surface area contributed by atoms with E-state index in [9.17, 15) is 9.59 Å². The minimum absolute atomic E-state index is 0.449. The van der Waals surface area contributed by atoms with Gasteiger partial charge in [0.15, 0.2) is 0 Å². The molecule has 0 radical (unpaired) electrons. The maximum absolute atomic E-state index is 10.9. The van der Waals surface area contributed by atoms with Crippen molar-refractivity contribution in [2.24, 2.45) is 0 Å². The maximum atomic E-state index is 10.9. The van der Waals surface area contributed by atoms with Crippen LogP contribution in [-0.2, 0) is 9.59 Å². The van der Waals surface area contributed by atoms with Gasteiger partial charge in [-0.25, -0.2) is 0 Å². The second kappa shape index (κ2) is 9.85. The van der Waals surface area contributed by atoms with Crippen LogP contribution in [0.1, 0.15) is 39.5 Å². The molecule has 0 heterocycles. The molecule has 0 amide bonds. The molecule has 0 aromatic heterocycles. The lowest BCUT2D eigenvalue weighted by atomic mass is 10.1. The molecule has 0 saturated heterocycles. The van der Waals surface area contributed by atoms with E-state index >= 15 is 0 Å². The average Bonchev–Trinajstić information content (AvgIpc) is 2.30.